The van der Waals surface area contributed by atoms with Crippen LogP contribution in [0.1, 0.15) is 16.7 Å². The smallest absolute Gasteiger partial charge is 0.319 e. The number of aromatic nitrogens is 3. The van der Waals surface area contributed by atoms with Crippen LogP contribution >= 0.6 is 0 Å². The van der Waals surface area contributed by atoms with Gasteiger partial charge in [0.15, 0.2) is 0 Å². The molecule has 0 aliphatic rings. The highest BCUT2D eigenvalue weighted by Crippen LogP contribution is 2.09. The van der Waals surface area contributed by atoms with Crippen molar-refractivity contribution in [2.24, 2.45) is 0 Å². The minimum atomic E-state index is -0.217. The third kappa shape index (κ3) is 4.42. The molecule has 24 heavy (non-hydrogen) atoms. The molecular weight excluding hydrogens is 302 g/mol. The summed E-state index contributed by atoms with van der Waals surface area (Å²) in [4.78, 5) is 15.8. The van der Waals surface area contributed by atoms with Gasteiger partial charge in [-0.2, -0.15) is 5.10 Å². The summed E-state index contributed by atoms with van der Waals surface area (Å²) in [6, 6.07) is 15.5. The number of benzene rings is 2. The van der Waals surface area contributed by atoms with Gasteiger partial charge < -0.3 is 10.6 Å². The fourth-order valence-corrected chi connectivity index (χ4v) is 2.26. The van der Waals surface area contributed by atoms with Crippen molar-refractivity contribution in [3.63, 3.8) is 0 Å². The van der Waals surface area contributed by atoms with E-state index in [0.29, 0.717) is 13.1 Å². The number of amides is 2. The van der Waals surface area contributed by atoms with E-state index in [2.05, 4.69) is 20.7 Å². The molecule has 1 heterocycles. The highest BCUT2D eigenvalue weighted by molar-refractivity contribution is 5.89. The number of nitrogens with one attached hydrogen (secondary N) is 2. The summed E-state index contributed by atoms with van der Waals surface area (Å²) in [6.07, 6.45) is 3.20. The topological polar surface area (TPSA) is 71.8 Å². The largest absolute Gasteiger partial charge is 0.334 e. The number of anilines is 1. The van der Waals surface area contributed by atoms with E-state index in [-0.39, 0.29) is 6.03 Å². The van der Waals surface area contributed by atoms with Crippen molar-refractivity contribution in [2.75, 3.05) is 5.32 Å². The molecule has 2 amide bonds. The predicted molar refractivity (Wildman–Crippen MR) is 92.6 cm³/mol. The number of urea groups is 1. The lowest BCUT2D eigenvalue weighted by Gasteiger charge is -2.09. The zero-order valence-corrected chi connectivity index (χ0v) is 13.4. The molecule has 3 rings (SSSR count). The molecule has 0 atom stereocenters. The maximum atomic E-state index is 11.9. The van der Waals surface area contributed by atoms with Crippen molar-refractivity contribution in [3.05, 3.63) is 77.9 Å². The van der Waals surface area contributed by atoms with Crippen LogP contribution in [0.25, 0.3) is 0 Å². The Morgan fingerprint density at radius 1 is 1.04 bits per heavy atom. The van der Waals surface area contributed by atoms with Crippen molar-refractivity contribution in [3.8, 4) is 0 Å². The first-order chi connectivity index (χ1) is 11.7. The van der Waals surface area contributed by atoms with Gasteiger partial charge in [0.2, 0.25) is 0 Å². The van der Waals surface area contributed by atoms with E-state index >= 15 is 0 Å². The third-order valence-corrected chi connectivity index (χ3v) is 3.60. The van der Waals surface area contributed by atoms with E-state index in [1.807, 2.05) is 55.5 Å². The Morgan fingerprint density at radius 3 is 2.42 bits per heavy atom. The second-order valence-electron chi connectivity index (χ2n) is 5.58. The van der Waals surface area contributed by atoms with Crippen molar-refractivity contribution < 1.29 is 4.79 Å². The van der Waals surface area contributed by atoms with Crippen LogP contribution < -0.4 is 10.6 Å². The van der Waals surface area contributed by atoms with E-state index in [4.69, 9.17) is 0 Å². The van der Waals surface area contributed by atoms with Crippen LogP contribution in [0.3, 0.4) is 0 Å². The first-order valence-corrected chi connectivity index (χ1v) is 7.71. The van der Waals surface area contributed by atoms with Gasteiger partial charge in [0, 0.05) is 12.2 Å². The van der Waals surface area contributed by atoms with Crippen molar-refractivity contribution in [2.45, 2.75) is 20.0 Å². The number of carbonyl (C=O) groups excluding carboxylic acids is 1. The number of hydrogen-bond donors (Lipinski definition) is 2. The summed E-state index contributed by atoms with van der Waals surface area (Å²) in [5.41, 5.74) is 4.11. The first kappa shape index (κ1) is 15.7. The summed E-state index contributed by atoms with van der Waals surface area (Å²) < 4.78 is 1.77. The SMILES string of the molecule is Cc1ccc(NC(=O)NCc2ccc(Cn3cncn3)cc2)cc1. The molecule has 122 valence electrons. The van der Waals surface area contributed by atoms with E-state index in [9.17, 15) is 4.79 Å². The molecule has 0 aliphatic carbocycles. The lowest BCUT2D eigenvalue weighted by molar-refractivity contribution is 0.251. The fourth-order valence-electron chi connectivity index (χ4n) is 2.26. The van der Waals surface area contributed by atoms with Crippen LogP contribution in [0.4, 0.5) is 10.5 Å². The summed E-state index contributed by atoms with van der Waals surface area (Å²) in [5, 5.41) is 9.74. The number of hydrogen-bond acceptors (Lipinski definition) is 3. The summed E-state index contributed by atoms with van der Waals surface area (Å²) in [7, 11) is 0. The Balaban J connectivity index is 1.49. The first-order valence-electron chi connectivity index (χ1n) is 7.71. The van der Waals surface area contributed by atoms with Crippen LogP contribution in [0.15, 0.2) is 61.2 Å². The maximum Gasteiger partial charge on any atom is 0.319 e. The van der Waals surface area contributed by atoms with Crippen LogP contribution in [0.5, 0.6) is 0 Å². The van der Waals surface area contributed by atoms with E-state index in [0.717, 1.165) is 22.4 Å². The summed E-state index contributed by atoms with van der Waals surface area (Å²) in [5.74, 6) is 0. The molecule has 2 N–H and O–H groups in total. The van der Waals surface area contributed by atoms with Crippen molar-refractivity contribution in [1.82, 2.24) is 20.1 Å². The second-order valence-corrected chi connectivity index (χ2v) is 5.58. The molecule has 2 aromatic carbocycles. The Morgan fingerprint density at radius 2 is 1.75 bits per heavy atom. The van der Waals surface area contributed by atoms with Crippen molar-refractivity contribution in [1.29, 1.82) is 0 Å². The highest BCUT2D eigenvalue weighted by atomic mass is 16.2. The van der Waals surface area contributed by atoms with Gasteiger partial charge in [-0.25, -0.2) is 14.5 Å². The van der Waals surface area contributed by atoms with Gasteiger partial charge in [0.05, 0.1) is 6.54 Å². The second kappa shape index (κ2) is 7.41. The zero-order valence-electron chi connectivity index (χ0n) is 13.4. The van der Waals surface area contributed by atoms with Gasteiger partial charge >= 0.3 is 6.03 Å². The average molecular weight is 321 g/mol. The fraction of sp³-hybridized carbons (Fsp3) is 0.167. The molecule has 0 saturated heterocycles. The number of aryl methyl sites for hydroxylation is 1. The lowest BCUT2D eigenvalue weighted by atomic mass is 10.1. The van der Waals surface area contributed by atoms with Crippen molar-refractivity contribution >= 4 is 11.7 Å². The molecule has 0 spiro atoms. The average Bonchev–Trinajstić information content (AvgIpc) is 3.09. The van der Waals surface area contributed by atoms with Crippen LogP contribution in [-0.4, -0.2) is 20.8 Å². The standard InChI is InChI=1S/C18H19N5O/c1-14-2-8-17(9-3-14)22-18(24)20-10-15-4-6-16(7-5-15)11-23-13-19-12-21-23/h2-9,12-13H,10-11H2,1H3,(H2,20,22,24). The number of rotatable bonds is 5. The molecule has 0 saturated carbocycles. The molecule has 6 heteroatoms. The molecule has 1 aromatic heterocycles. The third-order valence-electron chi connectivity index (χ3n) is 3.60. The van der Waals surface area contributed by atoms with E-state index < -0.39 is 0 Å². The molecule has 3 aromatic rings. The van der Waals surface area contributed by atoms with Crippen LogP contribution in [-0.2, 0) is 13.1 Å². The van der Waals surface area contributed by atoms with Gasteiger partial charge in [-0.15, -0.1) is 0 Å². The van der Waals surface area contributed by atoms with Gasteiger partial charge in [-0.3, -0.25) is 0 Å². The molecule has 0 bridgehead atoms. The molecular formula is C18H19N5O. The molecule has 0 fully saturated rings. The molecule has 0 unspecified atom stereocenters. The Bertz CT molecular complexity index is 779. The zero-order chi connectivity index (χ0) is 16.8. The summed E-state index contributed by atoms with van der Waals surface area (Å²) in [6.45, 7) is 3.17. The van der Waals surface area contributed by atoms with E-state index in [1.54, 1.807) is 11.0 Å². The minimum absolute atomic E-state index is 0.217. The maximum absolute atomic E-state index is 11.9. The minimum Gasteiger partial charge on any atom is -0.334 e. The molecule has 0 radical (unpaired) electrons. The van der Waals surface area contributed by atoms with Crippen LogP contribution in [0, 0.1) is 6.92 Å². The van der Waals surface area contributed by atoms with Gasteiger partial charge in [0.25, 0.3) is 0 Å². The number of carbonyl (C=O) groups is 1. The highest BCUT2D eigenvalue weighted by Gasteiger charge is 2.02. The molecule has 0 aliphatic heterocycles. The Labute approximate surface area is 140 Å². The quantitative estimate of drug-likeness (QED) is 0.759. The van der Waals surface area contributed by atoms with E-state index in [1.165, 1.54) is 6.33 Å². The van der Waals surface area contributed by atoms with Gasteiger partial charge in [-0.1, -0.05) is 42.0 Å². The van der Waals surface area contributed by atoms with Gasteiger partial charge in [0.1, 0.15) is 12.7 Å². The van der Waals surface area contributed by atoms with Crippen LogP contribution in [0.2, 0.25) is 0 Å². The number of nitrogens with zero attached hydrogens (tertiary/aromatic N) is 3. The summed E-state index contributed by atoms with van der Waals surface area (Å²) >= 11 is 0. The lowest BCUT2D eigenvalue weighted by Crippen LogP contribution is -2.28. The normalized spacial score (nSPS) is 10.4. The Kier molecular flexibility index (Phi) is 4.86. The van der Waals surface area contributed by atoms with Gasteiger partial charge in [-0.05, 0) is 30.2 Å². The monoisotopic (exact) mass is 321 g/mol. The molecule has 6 nitrogen and oxygen atoms in total. The Hall–Kier alpha value is -3.15. The predicted octanol–water partition coefficient (Wildman–Crippen LogP) is 2.96.